The van der Waals surface area contributed by atoms with Crippen LogP contribution in [0, 0.1) is 11.3 Å². The van der Waals surface area contributed by atoms with Gasteiger partial charge in [-0.1, -0.05) is 0 Å². The van der Waals surface area contributed by atoms with Crippen molar-refractivity contribution in [3.05, 3.63) is 30.0 Å². The molecule has 10 heteroatoms. The Morgan fingerprint density at radius 3 is 2.88 bits per heavy atom. The largest absolute Gasteiger partial charge is 0.275 e. The second-order valence-electron chi connectivity index (χ2n) is 5.50. The number of likely N-dealkylation sites (N-methyl/N-ethyl adjacent to an activating group) is 1. The van der Waals surface area contributed by atoms with Crippen molar-refractivity contribution in [3.63, 3.8) is 0 Å². The minimum absolute atomic E-state index is 0.221. The number of nitrogens with zero attached hydrogens (tertiary/aromatic N) is 9. The van der Waals surface area contributed by atoms with Gasteiger partial charge in [0.1, 0.15) is 17.1 Å². The first-order valence-electron chi connectivity index (χ1n) is 7.36. The van der Waals surface area contributed by atoms with E-state index >= 15 is 0 Å². The summed E-state index contributed by atoms with van der Waals surface area (Å²) in [6.45, 7) is 1.73. The molecule has 122 valence electrons. The lowest BCUT2D eigenvalue weighted by Crippen LogP contribution is -2.27. The van der Waals surface area contributed by atoms with Gasteiger partial charge in [-0.15, -0.1) is 10.2 Å². The smallest absolute Gasteiger partial charge is 0.270 e. The molecule has 1 atom stereocenters. The second-order valence-corrected chi connectivity index (χ2v) is 5.50. The highest BCUT2D eigenvalue weighted by atomic mass is 16.2. The van der Waals surface area contributed by atoms with Crippen LogP contribution < -0.4 is 0 Å². The van der Waals surface area contributed by atoms with Crippen molar-refractivity contribution in [2.24, 2.45) is 15.3 Å². The van der Waals surface area contributed by atoms with Gasteiger partial charge in [0.15, 0.2) is 11.7 Å². The standard InChI is InChI=1S/C15H11N9O/c1-8-13(15(25)23(2)22-8)20-18-10-3-4-11-12(5-10)24-14(21-19-11)9(6-16)7-17-24/h3-5,7,13H,1-2H3. The fraction of sp³-hybridized carbons (Fsp3) is 0.200. The van der Waals surface area contributed by atoms with Crippen LogP contribution in [-0.2, 0) is 4.79 Å². The lowest BCUT2D eigenvalue weighted by atomic mass is 10.2. The number of fused-ring (bicyclic) bond motifs is 3. The molecular weight excluding hydrogens is 322 g/mol. The van der Waals surface area contributed by atoms with Crippen molar-refractivity contribution < 1.29 is 4.79 Å². The number of hydrazone groups is 1. The highest BCUT2D eigenvalue weighted by Gasteiger charge is 2.31. The maximum atomic E-state index is 12.0. The number of hydrogen-bond donors (Lipinski definition) is 0. The topological polar surface area (TPSA) is 124 Å². The molecule has 10 nitrogen and oxygen atoms in total. The van der Waals surface area contributed by atoms with E-state index in [1.165, 1.54) is 15.7 Å². The summed E-state index contributed by atoms with van der Waals surface area (Å²) in [6, 6.07) is 6.49. The van der Waals surface area contributed by atoms with Gasteiger partial charge in [0.25, 0.3) is 5.91 Å². The zero-order valence-electron chi connectivity index (χ0n) is 13.3. The van der Waals surface area contributed by atoms with Gasteiger partial charge in [0.2, 0.25) is 0 Å². The summed E-state index contributed by atoms with van der Waals surface area (Å²) in [4.78, 5) is 12.0. The van der Waals surface area contributed by atoms with E-state index in [2.05, 4.69) is 30.6 Å². The predicted molar refractivity (Wildman–Crippen MR) is 87.2 cm³/mol. The van der Waals surface area contributed by atoms with E-state index in [1.807, 2.05) is 6.07 Å². The Bertz CT molecular complexity index is 1120. The van der Waals surface area contributed by atoms with Gasteiger partial charge >= 0.3 is 0 Å². The molecule has 1 aromatic carbocycles. The van der Waals surface area contributed by atoms with E-state index in [0.29, 0.717) is 33.6 Å². The first-order chi connectivity index (χ1) is 12.1. The molecule has 1 aliphatic heterocycles. The molecule has 0 aliphatic carbocycles. The molecule has 3 aromatic rings. The van der Waals surface area contributed by atoms with E-state index in [4.69, 9.17) is 5.26 Å². The monoisotopic (exact) mass is 333 g/mol. The van der Waals surface area contributed by atoms with Crippen LogP contribution in [0.15, 0.2) is 39.7 Å². The molecule has 1 amide bonds. The third-order valence-corrected chi connectivity index (χ3v) is 3.85. The maximum Gasteiger partial charge on any atom is 0.275 e. The first kappa shape index (κ1) is 14.8. The maximum absolute atomic E-state index is 12.0. The van der Waals surface area contributed by atoms with E-state index in [-0.39, 0.29) is 5.91 Å². The molecule has 3 heterocycles. The van der Waals surface area contributed by atoms with E-state index < -0.39 is 6.04 Å². The van der Waals surface area contributed by atoms with Crippen molar-refractivity contribution in [3.8, 4) is 6.07 Å². The molecule has 2 aromatic heterocycles. The third-order valence-electron chi connectivity index (χ3n) is 3.85. The van der Waals surface area contributed by atoms with Gasteiger partial charge in [-0.05, 0) is 25.1 Å². The molecule has 4 rings (SSSR count). The summed E-state index contributed by atoms with van der Waals surface area (Å²) in [5.41, 5.74) is 3.09. The molecular formula is C15H11N9O. The van der Waals surface area contributed by atoms with E-state index in [1.54, 1.807) is 32.2 Å². The molecule has 0 radical (unpaired) electrons. The van der Waals surface area contributed by atoms with Crippen molar-refractivity contribution in [1.29, 1.82) is 5.26 Å². The molecule has 0 spiro atoms. The molecule has 0 saturated heterocycles. The van der Waals surface area contributed by atoms with Gasteiger partial charge in [-0.3, -0.25) is 4.79 Å². The quantitative estimate of drug-likeness (QED) is 0.656. The van der Waals surface area contributed by atoms with E-state index in [9.17, 15) is 4.79 Å². The molecule has 0 bridgehead atoms. The van der Waals surface area contributed by atoms with E-state index in [0.717, 1.165) is 0 Å². The summed E-state index contributed by atoms with van der Waals surface area (Å²) >= 11 is 0. The third kappa shape index (κ3) is 2.29. The predicted octanol–water partition coefficient (Wildman–Crippen LogP) is 1.45. The fourth-order valence-electron chi connectivity index (χ4n) is 2.58. The number of rotatable bonds is 2. The van der Waals surface area contributed by atoms with Crippen LogP contribution in [0.5, 0.6) is 0 Å². The fourth-order valence-corrected chi connectivity index (χ4v) is 2.58. The van der Waals surface area contributed by atoms with Gasteiger partial charge in [0.05, 0.1) is 23.1 Å². The van der Waals surface area contributed by atoms with Gasteiger partial charge in [0, 0.05) is 7.05 Å². The number of amides is 1. The number of carbonyl (C=O) groups excluding carboxylic acids is 1. The highest BCUT2D eigenvalue weighted by Crippen LogP contribution is 2.22. The first-order valence-corrected chi connectivity index (χ1v) is 7.36. The molecule has 0 N–H and O–H groups in total. The Balaban J connectivity index is 1.76. The number of aromatic nitrogens is 4. The lowest BCUT2D eigenvalue weighted by molar-refractivity contribution is -0.128. The van der Waals surface area contributed by atoms with Crippen molar-refractivity contribution in [1.82, 2.24) is 24.8 Å². The second kappa shape index (κ2) is 5.41. The number of nitriles is 1. The minimum atomic E-state index is -0.703. The molecule has 25 heavy (non-hydrogen) atoms. The Kier molecular flexibility index (Phi) is 3.21. The van der Waals surface area contributed by atoms with Crippen LogP contribution in [0.1, 0.15) is 12.5 Å². The van der Waals surface area contributed by atoms with Crippen LogP contribution in [0.2, 0.25) is 0 Å². The van der Waals surface area contributed by atoms with Crippen LogP contribution in [0.4, 0.5) is 5.69 Å². The normalized spacial score (nSPS) is 17.6. The Hall–Kier alpha value is -3.74. The molecule has 0 saturated carbocycles. The van der Waals surface area contributed by atoms with Gasteiger partial charge in [-0.25, -0.2) is 9.52 Å². The van der Waals surface area contributed by atoms with Crippen molar-refractivity contribution in [2.75, 3.05) is 7.05 Å². The number of benzene rings is 1. The number of carbonyl (C=O) groups is 1. The van der Waals surface area contributed by atoms with Gasteiger partial charge < -0.3 is 0 Å². The molecule has 1 unspecified atom stereocenters. The van der Waals surface area contributed by atoms with Gasteiger partial charge in [-0.2, -0.15) is 25.7 Å². The summed E-state index contributed by atoms with van der Waals surface area (Å²) in [6.07, 6.45) is 1.44. The summed E-state index contributed by atoms with van der Waals surface area (Å²) in [5, 5.41) is 34.9. The Morgan fingerprint density at radius 2 is 2.16 bits per heavy atom. The average Bonchev–Trinajstić information content (AvgIpc) is 3.14. The summed E-state index contributed by atoms with van der Waals surface area (Å²) in [5.74, 6) is -0.221. The van der Waals surface area contributed by atoms with Crippen LogP contribution in [-0.4, -0.2) is 49.5 Å². The summed E-state index contributed by atoms with van der Waals surface area (Å²) in [7, 11) is 1.58. The zero-order chi connectivity index (χ0) is 17.6. The Labute approximate surface area is 141 Å². The average molecular weight is 333 g/mol. The Morgan fingerprint density at radius 1 is 1.32 bits per heavy atom. The lowest BCUT2D eigenvalue weighted by Gasteiger charge is -2.04. The number of azo groups is 1. The molecule has 0 fully saturated rings. The highest BCUT2D eigenvalue weighted by molar-refractivity contribution is 6.10. The summed E-state index contributed by atoms with van der Waals surface area (Å²) < 4.78 is 1.53. The SMILES string of the molecule is CC1=NN(C)C(=O)C1N=Nc1ccc2nnc3c(C#N)cnn3c2c1. The zero-order valence-corrected chi connectivity index (χ0v) is 13.3. The molecule has 1 aliphatic rings. The number of hydrogen-bond acceptors (Lipinski definition) is 8. The van der Waals surface area contributed by atoms with Crippen molar-refractivity contribution >= 4 is 34.0 Å². The van der Waals surface area contributed by atoms with Crippen molar-refractivity contribution in [2.45, 2.75) is 13.0 Å². The van der Waals surface area contributed by atoms with Crippen LogP contribution >= 0.6 is 0 Å². The minimum Gasteiger partial charge on any atom is -0.270 e. The van der Waals surface area contributed by atoms with Crippen LogP contribution in [0.3, 0.4) is 0 Å². The van der Waals surface area contributed by atoms with Crippen LogP contribution in [0.25, 0.3) is 16.7 Å².